The molecule has 4 aromatic rings. The van der Waals surface area contributed by atoms with E-state index in [4.69, 9.17) is 0 Å². The van der Waals surface area contributed by atoms with Crippen LogP contribution in [0.4, 0.5) is 0 Å². The predicted molar refractivity (Wildman–Crippen MR) is 114 cm³/mol. The van der Waals surface area contributed by atoms with Crippen molar-refractivity contribution in [1.29, 1.82) is 0 Å². The third kappa shape index (κ3) is 2.91. The first-order valence-corrected chi connectivity index (χ1v) is 9.85. The lowest BCUT2D eigenvalue weighted by molar-refractivity contribution is 0.773. The number of fused-ring (bicyclic) bond motifs is 1. The summed E-state index contributed by atoms with van der Waals surface area (Å²) in [5, 5.41) is 4.64. The third-order valence-electron chi connectivity index (χ3n) is 5.46. The smallest absolute Gasteiger partial charge is 0.163 e. The summed E-state index contributed by atoms with van der Waals surface area (Å²) in [6.07, 6.45) is 1.65. The molecule has 5 heteroatoms. The minimum Gasteiger partial charge on any atom is -0.331 e. The van der Waals surface area contributed by atoms with Gasteiger partial charge in [-0.25, -0.2) is 14.6 Å². The topological polar surface area (TPSA) is 48.5 Å². The monoisotopic (exact) mass is 373 g/mol. The van der Waals surface area contributed by atoms with Gasteiger partial charge in [0.25, 0.3) is 0 Å². The highest BCUT2D eigenvalue weighted by Crippen LogP contribution is 2.33. The van der Waals surface area contributed by atoms with Gasteiger partial charge >= 0.3 is 0 Å². The molecule has 4 rings (SSSR count). The molecule has 0 spiro atoms. The van der Waals surface area contributed by atoms with Gasteiger partial charge < -0.3 is 4.57 Å². The number of hydrogen-bond donors (Lipinski definition) is 0. The average Bonchev–Trinajstić information content (AvgIpc) is 3.26. The molecule has 5 nitrogen and oxygen atoms in total. The normalized spacial score (nSPS) is 11.9. The zero-order valence-corrected chi connectivity index (χ0v) is 17.4. The number of hydrogen-bond acceptors (Lipinski definition) is 3. The maximum Gasteiger partial charge on any atom is 0.163 e. The molecule has 0 aliphatic rings. The van der Waals surface area contributed by atoms with Gasteiger partial charge in [0.2, 0.25) is 0 Å². The van der Waals surface area contributed by atoms with Gasteiger partial charge in [-0.15, -0.1) is 0 Å². The van der Waals surface area contributed by atoms with Gasteiger partial charge in [-0.3, -0.25) is 0 Å². The molecule has 0 unspecified atom stereocenters. The van der Waals surface area contributed by atoms with E-state index in [9.17, 15) is 0 Å². The summed E-state index contributed by atoms with van der Waals surface area (Å²) in [5.74, 6) is 2.65. The van der Waals surface area contributed by atoms with Gasteiger partial charge in [-0.05, 0) is 48.1 Å². The molecule has 0 saturated heterocycles. The fourth-order valence-corrected chi connectivity index (χ4v) is 3.81. The highest BCUT2D eigenvalue weighted by Gasteiger charge is 2.20. The van der Waals surface area contributed by atoms with Crippen molar-refractivity contribution in [2.75, 3.05) is 0 Å². The van der Waals surface area contributed by atoms with Crippen LogP contribution in [-0.4, -0.2) is 24.3 Å². The van der Waals surface area contributed by atoms with Crippen molar-refractivity contribution in [3.8, 4) is 17.1 Å². The molecule has 0 amide bonds. The Morgan fingerprint density at radius 3 is 2.25 bits per heavy atom. The Morgan fingerprint density at radius 2 is 1.61 bits per heavy atom. The van der Waals surface area contributed by atoms with Gasteiger partial charge in [0.15, 0.2) is 5.82 Å². The number of imidazole rings is 1. The van der Waals surface area contributed by atoms with Crippen molar-refractivity contribution < 1.29 is 0 Å². The van der Waals surface area contributed by atoms with Crippen LogP contribution in [0.15, 0.2) is 42.7 Å². The number of aromatic nitrogens is 5. The summed E-state index contributed by atoms with van der Waals surface area (Å²) in [4.78, 5) is 9.24. The molecule has 28 heavy (non-hydrogen) atoms. The predicted octanol–water partition coefficient (Wildman–Crippen LogP) is 5.38. The Balaban J connectivity index is 1.95. The third-order valence-corrected chi connectivity index (χ3v) is 5.46. The molecule has 2 aromatic carbocycles. The molecular formula is C23H27N5. The SMILES string of the molecule is Cc1nc2ccc(-c3ncnn3-c3c(C(C)C)cccc3C(C)C)cc2n1C. The van der Waals surface area contributed by atoms with Crippen LogP contribution in [0.2, 0.25) is 0 Å². The maximum atomic E-state index is 4.64. The highest BCUT2D eigenvalue weighted by atomic mass is 15.3. The van der Waals surface area contributed by atoms with Crippen LogP contribution in [0.3, 0.4) is 0 Å². The average molecular weight is 374 g/mol. The van der Waals surface area contributed by atoms with Crippen molar-refractivity contribution in [2.24, 2.45) is 7.05 Å². The van der Waals surface area contributed by atoms with Crippen molar-refractivity contribution >= 4 is 11.0 Å². The van der Waals surface area contributed by atoms with Crippen molar-refractivity contribution in [3.05, 3.63) is 59.7 Å². The van der Waals surface area contributed by atoms with Crippen LogP contribution in [0.1, 0.15) is 56.5 Å². The number of rotatable bonds is 4. The first-order chi connectivity index (χ1) is 13.4. The zero-order chi connectivity index (χ0) is 20.0. The van der Waals surface area contributed by atoms with Crippen LogP contribution >= 0.6 is 0 Å². The molecule has 0 radical (unpaired) electrons. The summed E-state index contributed by atoms with van der Waals surface area (Å²) in [6, 6.07) is 12.9. The Bertz CT molecular complexity index is 1120. The van der Waals surface area contributed by atoms with E-state index in [0.717, 1.165) is 33.9 Å². The van der Waals surface area contributed by atoms with Crippen molar-refractivity contribution in [2.45, 2.75) is 46.5 Å². The minimum atomic E-state index is 0.396. The number of nitrogens with zero attached hydrogens (tertiary/aromatic N) is 5. The summed E-state index contributed by atoms with van der Waals surface area (Å²) in [5.41, 5.74) is 6.87. The molecule has 2 aromatic heterocycles. The van der Waals surface area contributed by atoms with E-state index >= 15 is 0 Å². The number of aryl methyl sites for hydroxylation is 2. The van der Waals surface area contributed by atoms with E-state index in [2.05, 4.69) is 83.7 Å². The van der Waals surface area contributed by atoms with E-state index in [-0.39, 0.29) is 0 Å². The van der Waals surface area contributed by atoms with Crippen LogP contribution in [0.25, 0.3) is 28.1 Å². The quantitative estimate of drug-likeness (QED) is 0.483. The van der Waals surface area contributed by atoms with Gasteiger partial charge in [0.1, 0.15) is 12.2 Å². The highest BCUT2D eigenvalue weighted by molar-refractivity contribution is 5.81. The second-order valence-electron chi connectivity index (χ2n) is 8.01. The lowest BCUT2D eigenvalue weighted by Gasteiger charge is -2.20. The van der Waals surface area contributed by atoms with E-state index in [1.807, 2.05) is 18.7 Å². The Morgan fingerprint density at radius 1 is 0.929 bits per heavy atom. The van der Waals surface area contributed by atoms with Crippen LogP contribution < -0.4 is 0 Å². The molecule has 0 aliphatic heterocycles. The lowest BCUT2D eigenvalue weighted by Crippen LogP contribution is -2.09. The second-order valence-corrected chi connectivity index (χ2v) is 8.01. The Labute approximate surface area is 166 Å². The molecular weight excluding hydrogens is 346 g/mol. The van der Waals surface area contributed by atoms with E-state index < -0.39 is 0 Å². The molecule has 2 heterocycles. The summed E-state index contributed by atoms with van der Waals surface area (Å²) < 4.78 is 4.12. The molecule has 0 saturated carbocycles. The van der Waals surface area contributed by atoms with Gasteiger partial charge in [-0.2, -0.15) is 5.10 Å². The Hall–Kier alpha value is -2.95. The zero-order valence-electron chi connectivity index (χ0n) is 17.4. The maximum absolute atomic E-state index is 4.64. The standard InChI is InChI=1S/C23H27N5/c1-14(2)18-8-7-9-19(15(3)4)22(18)28-23(24-13-25-28)17-10-11-20-21(12-17)27(6)16(5)26-20/h7-15H,1-6H3. The second kappa shape index (κ2) is 6.89. The minimum absolute atomic E-state index is 0.396. The van der Waals surface area contributed by atoms with Gasteiger partial charge in [0.05, 0.1) is 16.7 Å². The first kappa shape index (κ1) is 18.4. The molecule has 0 fully saturated rings. The molecule has 0 N–H and O–H groups in total. The fourth-order valence-electron chi connectivity index (χ4n) is 3.81. The van der Waals surface area contributed by atoms with E-state index in [0.29, 0.717) is 11.8 Å². The molecule has 0 aliphatic carbocycles. The lowest BCUT2D eigenvalue weighted by atomic mass is 9.92. The number of benzene rings is 2. The largest absolute Gasteiger partial charge is 0.331 e. The van der Waals surface area contributed by atoms with Crippen LogP contribution in [0.5, 0.6) is 0 Å². The molecule has 0 atom stereocenters. The van der Waals surface area contributed by atoms with Gasteiger partial charge in [-0.1, -0.05) is 45.9 Å². The summed E-state index contributed by atoms with van der Waals surface area (Å²) >= 11 is 0. The van der Waals surface area contributed by atoms with E-state index in [1.54, 1.807) is 6.33 Å². The number of para-hydroxylation sites is 1. The van der Waals surface area contributed by atoms with Gasteiger partial charge in [0, 0.05) is 12.6 Å². The summed E-state index contributed by atoms with van der Waals surface area (Å²) in [7, 11) is 2.05. The van der Waals surface area contributed by atoms with Crippen LogP contribution in [0, 0.1) is 6.92 Å². The molecule has 144 valence electrons. The molecule has 0 bridgehead atoms. The fraction of sp³-hybridized carbons (Fsp3) is 0.348. The summed E-state index contributed by atoms with van der Waals surface area (Å²) in [6.45, 7) is 10.9. The van der Waals surface area contributed by atoms with Crippen LogP contribution in [-0.2, 0) is 7.05 Å². The van der Waals surface area contributed by atoms with E-state index in [1.165, 1.54) is 11.1 Å². The first-order valence-electron chi connectivity index (χ1n) is 9.85. The van der Waals surface area contributed by atoms with Crippen molar-refractivity contribution in [3.63, 3.8) is 0 Å². The Kier molecular flexibility index (Phi) is 4.53. The van der Waals surface area contributed by atoms with Crippen molar-refractivity contribution in [1.82, 2.24) is 24.3 Å².